The van der Waals surface area contributed by atoms with Crippen molar-refractivity contribution in [2.24, 2.45) is 0 Å². The Hall–Kier alpha value is -3.06. The number of nitrogens with one attached hydrogen (secondary N) is 2. The fourth-order valence-electron chi connectivity index (χ4n) is 3.07. The minimum atomic E-state index is -0.702. The third-order valence-corrected chi connectivity index (χ3v) is 4.55. The molecule has 1 aliphatic heterocycles. The Morgan fingerprint density at radius 3 is 2.92 bits per heavy atom. The third kappa shape index (κ3) is 2.76. The summed E-state index contributed by atoms with van der Waals surface area (Å²) in [5, 5.41) is 5.92. The zero-order chi connectivity index (χ0) is 18.3. The van der Waals surface area contributed by atoms with E-state index in [0.717, 1.165) is 11.0 Å². The van der Waals surface area contributed by atoms with Gasteiger partial charge >= 0.3 is 0 Å². The van der Waals surface area contributed by atoms with Crippen molar-refractivity contribution in [2.75, 3.05) is 17.7 Å². The van der Waals surface area contributed by atoms with E-state index in [9.17, 15) is 9.59 Å². The first-order valence-corrected chi connectivity index (χ1v) is 8.36. The van der Waals surface area contributed by atoms with E-state index in [1.165, 1.54) is 7.11 Å². The molecule has 0 spiro atoms. The van der Waals surface area contributed by atoms with E-state index >= 15 is 0 Å². The monoisotopic (exact) mass is 370 g/mol. The van der Waals surface area contributed by atoms with Gasteiger partial charge < -0.3 is 10.1 Å². The first kappa shape index (κ1) is 16.4. The fraction of sp³-hybridized carbons (Fsp3) is 0.167. The molecule has 2 heterocycles. The highest BCUT2D eigenvalue weighted by Gasteiger charge is 2.32. The van der Waals surface area contributed by atoms with Gasteiger partial charge in [0.2, 0.25) is 17.8 Å². The van der Waals surface area contributed by atoms with E-state index in [1.807, 2.05) is 24.3 Å². The highest BCUT2D eigenvalue weighted by molar-refractivity contribution is 6.32. The Bertz CT molecular complexity index is 1030. The number of carbonyl (C=O) groups excluding carboxylic acids is 2. The first-order chi connectivity index (χ1) is 12.6. The minimum Gasteiger partial charge on any atom is -0.495 e. The zero-order valence-corrected chi connectivity index (χ0v) is 14.6. The number of hydrogen-bond acceptors (Lipinski definition) is 4. The lowest BCUT2D eigenvalue weighted by atomic mass is 10.1. The van der Waals surface area contributed by atoms with Crippen molar-refractivity contribution in [3.63, 3.8) is 0 Å². The fourth-order valence-corrected chi connectivity index (χ4v) is 3.33. The summed E-state index contributed by atoms with van der Waals surface area (Å²) >= 11 is 6.11. The van der Waals surface area contributed by atoms with E-state index < -0.39 is 6.04 Å². The molecule has 4 rings (SSSR count). The molecule has 2 N–H and O–H groups in total. The van der Waals surface area contributed by atoms with Gasteiger partial charge in [-0.1, -0.05) is 23.7 Å². The Labute approximate surface area is 153 Å². The molecular weight excluding hydrogens is 356 g/mol. The number of hydrogen-bond donors (Lipinski definition) is 2. The van der Waals surface area contributed by atoms with Crippen LogP contribution in [0.25, 0.3) is 11.0 Å². The molecule has 7 nitrogen and oxygen atoms in total. The van der Waals surface area contributed by atoms with Crippen LogP contribution in [0.3, 0.4) is 0 Å². The summed E-state index contributed by atoms with van der Waals surface area (Å²) in [6.07, 6.45) is 0.0308. The molecular formula is C18H15ClN4O3. The van der Waals surface area contributed by atoms with Crippen LogP contribution in [0.5, 0.6) is 5.75 Å². The molecule has 0 radical (unpaired) electrons. The van der Waals surface area contributed by atoms with E-state index in [0.29, 0.717) is 22.4 Å². The van der Waals surface area contributed by atoms with Crippen LogP contribution in [-0.2, 0) is 9.59 Å². The summed E-state index contributed by atoms with van der Waals surface area (Å²) in [4.78, 5) is 29.3. The molecule has 2 aromatic carbocycles. The van der Waals surface area contributed by atoms with Gasteiger partial charge in [-0.15, -0.1) is 0 Å². The van der Waals surface area contributed by atoms with Gasteiger partial charge in [-0.3, -0.25) is 19.5 Å². The number of fused-ring (bicyclic) bond motifs is 3. The molecule has 0 aliphatic carbocycles. The van der Waals surface area contributed by atoms with Crippen LogP contribution in [0.2, 0.25) is 5.02 Å². The molecule has 0 saturated carbocycles. The number of anilines is 2. The molecule has 26 heavy (non-hydrogen) atoms. The van der Waals surface area contributed by atoms with E-state index in [-0.39, 0.29) is 18.2 Å². The molecule has 0 unspecified atom stereocenters. The number of methoxy groups -OCH3 is 1. The van der Waals surface area contributed by atoms with Crippen molar-refractivity contribution < 1.29 is 14.3 Å². The predicted molar refractivity (Wildman–Crippen MR) is 98.7 cm³/mol. The van der Waals surface area contributed by atoms with Crippen LogP contribution in [0.4, 0.5) is 11.6 Å². The largest absolute Gasteiger partial charge is 0.495 e. The molecule has 8 heteroatoms. The minimum absolute atomic E-state index is 0.0308. The van der Waals surface area contributed by atoms with Gasteiger partial charge in [0.1, 0.15) is 11.8 Å². The predicted octanol–water partition coefficient (Wildman–Crippen LogP) is 3.22. The maximum atomic E-state index is 12.9. The Balaban J connectivity index is 1.68. The number of carbonyl (C=O) groups is 2. The lowest BCUT2D eigenvalue weighted by molar-refractivity contribution is -0.124. The summed E-state index contributed by atoms with van der Waals surface area (Å²) in [5.74, 6) is 0.325. The molecule has 1 atom stereocenters. The van der Waals surface area contributed by atoms with E-state index in [4.69, 9.17) is 16.3 Å². The molecule has 0 fully saturated rings. The van der Waals surface area contributed by atoms with Crippen molar-refractivity contribution in [1.82, 2.24) is 9.55 Å². The van der Waals surface area contributed by atoms with Crippen molar-refractivity contribution in [1.29, 1.82) is 0 Å². The van der Waals surface area contributed by atoms with Gasteiger partial charge in [0.05, 0.1) is 29.6 Å². The third-order valence-electron chi connectivity index (χ3n) is 4.26. The second-order valence-electron chi connectivity index (χ2n) is 5.90. The Kier molecular flexibility index (Phi) is 4.00. The van der Waals surface area contributed by atoms with Gasteiger partial charge in [0.25, 0.3) is 0 Å². The maximum Gasteiger partial charge on any atom is 0.248 e. The molecule has 0 saturated heterocycles. The van der Waals surface area contributed by atoms with Gasteiger partial charge in [0.15, 0.2) is 0 Å². The van der Waals surface area contributed by atoms with Crippen molar-refractivity contribution >= 4 is 46.1 Å². The molecule has 132 valence electrons. The Morgan fingerprint density at radius 2 is 2.15 bits per heavy atom. The summed E-state index contributed by atoms with van der Waals surface area (Å²) in [6, 6.07) is 11.7. The Morgan fingerprint density at radius 1 is 1.35 bits per heavy atom. The second kappa shape index (κ2) is 6.34. The molecule has 0 bridgehead atoms. The number of amides is 2. The smallest absolute Gasteiger partial charge is 0.248 e. The molecule has 1 aliphatic rings. The van der Waals surface area contributed by atoms with Crippen LogP contribution >= 0.6 is 11.6 Å². The van der Waals surface area contributed by atoms with Crippen molar-refractivity contribution in [2.45, 2.75) is 12.5 Å². The topological polar surface area (TPSA) is 85.2 Å². The number of aromatic nitrogens is 2. The molecule has 1 aromatic heterocycles. The van der Waals surface area contributed by atoms with Crippen LogP contribution in [0, 0.1) is 0 Å². The highest BCUT2D eigenvalue weighted by atomic mass is 35.5. The standard InChI is InChI=1S/C18H15ClN4O3/c1-26-15-7-6-10(8-11(15)19)20-17(25)14-9-16(24)22-18-21-12-4-2-3-5-13(12)23(14)18/h2-8,14H,9H2,1H3,(H,20,25)(H,21,22,24)/t14-/m0/s1. The quantitative estimate of drug-likeness (QED) is 0.741. The van der Waals surface area contributed by atoms with Crippen LogP contribution in [0.1, 0.15) is 12.5 Å². The number of halogens is 1. The normalized spacial score (nSPS) is 16.1. The van der Waals surface area contributed by atoms with E-state index in [1.54, 1.807) is 22.8 Å². The zero-order valence-electron chi connectivity index (χ0n) is 13.8. The summed E-state index contributed by atoms with van der Waals surface area (Å²) in [6.45, 7) is 0. The summed E-state index contributed by atoms with van der Waals surface area (Å²) in [5.41, 5.74) is 2.03. The van der Waals surface area contributed by atoms with E-state index in [2.05, 4.69) is 15.6 Å². The number of ether oxygens (including phenoxy) is 1. The number of imidazole rings is 1. The van der Waals surface area contributed by atoms with Gasteiger partial charge in [-0.05, 0) is 30.3 Å². The van der Waals surface area contributed by atoms with Crippen LogP contribution < -0.4 is 15.4 Å². The van der Waals surface area contributed by atoms with Gasteiger partial charge in [-0.2, -0.15) is 0 Å². The number of rotatable bonds is 3. The average molecular weight is 371 g/mol. The lowest BCUT2D eigenvalue weighted by Gasteiger charge is -2.25. The molecule has 3 aromatic rings. The maximum absolute atomic E-state index is 12.9. The van der Waals surface area contributed by atoms with Gasteiger partial charge in [0, 0.05) is 5.69 Å². The number of benzene rings is 2. The van der Waals surface area contributed by atoms with Gasteiger partial charge in [-0.25, -0.2) is 4.98 Å². The summed E-state index contributed by atoms with van der Waals surface area (Å²) < 4.78 is 6.86. The molecule has 2 amide bonds. The number of nitrogens with zero attached hydrogens (tertiary/aromatic N) is 2. The van der Waals surface area contributed by atoms with Crippen molar-refractivity contribution in [3.8, 4) is 5.75 Å². The van der Waals surface area contributed by atoms with Crippen LogP contribution in [0.15, 0.2) is 42.5 Å². The second-order valence-corrected chi connectivity index (χ2v) is 6.31. The lowest BCUT2D eigenvalue weighted by Crippen LogP contribution is -2.35. The van der Waals surface area contributed by atoms with Crippen molar-refractivity contribution in [3.05, 3.63) is 47.5 Å². The highest BCUT2D eigenvalue weighted by Crippen LogP contribution is 2.32. The average Bonchev–Trinajstić information content (AvgIpc) is 2.99. The first-order valence-electron chi connectivity index (χ1n) is 7.98. The summed E-state index contributed by atoms with van der Waals surface area (Å²) in [7, 11) is 1.52. The number of para-hydroxylation sites is 2. The van der Waals surface area contributed by atoms with Crippen LogP contribution in [-0.4, -0.2) is 28.5 Å². The SMILES string of the molecule is COc1ccc(NC(=O)[C@@H]2CC(=O)Nc3nc4ccccc4n32)cc1Cl.